The SMILES string of the molecule is CNCCC1(c2ccc(OC)c(C)c2)COC1. The molecule has 1 heterocycles. The lowest BCUT2D eigenvalue weighted by molar-refractivity contribution is -0.0638. The Morgan fingerprint density at radius 1 is 1.41 bits per heavy atom. The van der Waals surface area contributed by atoms with Gasteiger partial charge in [0.2, 0.25) is 0 Å². The first-order chi connectivity index (χ1) is 8.22. The molecule has 17 heavy (non-hydrogen) atoms. The number of methoxy groups -OCH3 is 1. The highest BCUT2D eigenvalue weighted by Crippen LogP contribution is 2.37. The Morgan fingerprint density at radius 2 is 2.18 bits per heavy atom. The standard InChI is InChI=1S/C14H21NO2/c1-11-8-12(4-5-13(11)16-3)14(6-7-15-2)9-17-10-14/h4-5,8,15H,6-7,9-10H2,1-3H3. The summed E-state index contributed by atoms with van der Waals surface area (Å²) in [5, 5.41) is 3.22. The average molecular weight is 235 g/mol. The molecule has 3 nitrogen and oxygen atoms in total. The predicted octanol–water partition coefficient (Wildman–Crippen LogP) is 1.88. The van der Waals surface area contributed by atoms with Crippen LogP contribution >= 0.6 is 0 Å². The molecule has 1 aliphatic rings. The monoisotopic (exact) mass is 235 g/mol. The molecule has 3 heteroatoms. The van der Waals surface area contributed by atoms with Gasteiger partial charge in [0.1, 0.15) is 5.75 Å². The number of nitrogens with one attached hydrogen (secondary N) is 1. The number of benzene rings is 1. The van der Waals surface area contributed by atoms with E-state index in [1.165, 1.54) is 11.1 Å². The topological polar surface area (TPSA) is 30.5 Å². The fraction of sp³-hybridized carbons (Fsp3) is 0.571. The number of hydrogen-bond donors (Lipinski definition) is 1. The molecule has 0 amide bonds. The zero-order chi connectivity index (χ0) is 12.3. The number of hydrogen-bond acceptors (Lipinski definition) is 3. The van der Waals surface area contributed by atoms with Crippen LogP contribution in [0.3, 0.4) is 0 Å². The van der Waals surface area contributed by atoms with Crippen molar-refractivity contribution in [3.05, 3.63) is 29.3 Å². The van der Waals surface area contributed by atoms with E-state index in [0.29, 0.717) is 0 Å². The highest BCUT2D eigenvalue weighted by Gasteiger charge is 2.39. The summed E-state index contributed by atoms with van der Waals surface area (Å²) in [6, 6.07) is 6.46. The van der Waals surface area contributed by atoms with Crippen molar-refractivity contribution in [3.8, 4) is 5.75 Å². The predicted molar refractivity (Wildman–Crippen MR) is 68.8 cm³/mol. The van der Waals surface area contributed by atoms with Gasteiger partial charge in [-0.15, -0.1) is 0 Å². The van der Waals surface area contributed by atoms with Crippen molar-refractivity contribution in [3.63, 3.8) is 0 Å². The number of aryl methyl sites for hydroxylation is 1. The first-order valence-corrected chi connectivity index (χ1v) is 6.09. The Kier molecular flexibility index (Phi) is 3.69. The summed E-state index contributed by atoms with van der Waals surface area (Å²) in [7, 11) is 3.71. The van der Waals surface area contributed by atoms with Crippen LogP contribution in [0.2, 0.25) is 0 Å². The Labute approximate surface area is 103 Å². The van der Waals surface area contributed by atoms with Gasteiger partial charge < -0.3 is 14.8 Å². The van der Waals surface area contributed by atoms with Crippen molar-refractivity contribution in [2.24, 2.45) is 0 Å². The fourth-order valence-corrected chi connectivity index (χ4v) is 2.38. The van der Waals surface area contributed by atoms with Gasteiger partial charge in [0, 0.05) is 5.41 Å². The minimum absolute atomic E-state index is 0.208. The molecule has 0 bridgehead atoms. The Balaban J connectivity index is 2.22. The van der Waals surface area contributed by atoms with Crippen LogP contribution in [-0.4, -0.2) is 33.9 Å². The minimum atomic E-state index is 0.208. The molecule has 0 aromatic heterocycles. The van der Waals surface area contributed by atoms with Gasteiger partial charge in [0.15, 0.2) is 0 Å². The fourth-order valence-electron chi connectivity index (χ4n) is 2.38. The smallest absolute Gasteiger partial charge is 0.121 e. The van der Waals surface area contributed by atoms with E-state index in [1.54, 1.807) is 7.11 Å². The highest BCUT2D eigenvalue weighted by atomic mass is 16.5. The van der Waals surface area contributed by atoms with E-state index in [2.05, 4.69) is 30.4 Å². The largest absolute Gasteiger partial charge is 0.496 e. The van der Waals surface area contributed by atoms with Crippen LogP contribution in [0.4, 0.5) is 0 Å². The van der Waals surface area contributed by atoms with Gasteiger partial charge in [0.25, 0.3) is 0 Å². The molecule has 1 fully saturated rings. The van der Waals surface area contributed by atoms with E-state index in [-0.39, 0.29) is 5.41 Å². The maximum atomic E-state index is 5.43. The minimum Gasteiger partial charge on any atom is -0.496 e. The van der Waals surface area contributed by atoms with Gasteiger partial charge in [0.05, 0.1) is 20.3 Å². The first-order valence-electron chi connectivity index (χ1n) is 6.09. The Morgan fingerprint density at radius 3 is 2.65 bits per heavy atom. The Bertz CT molecular complexity index is 386. The van der Waals surface area contributed by atoms with Crippen molar-refractivity contribution in [1.29, 1.82) is 0 Å². The Hall–Kier alpha value is -1.06. The molecule has 1 N–H and O–H groups in total. The van der Waals surface area contributed by atoms with Gasteiger partial charge in [-0.25, -0.2) is 0 Å². The lowest BCUT2D eigenvalue weighted by atomic mass is 9.75. The zero-order valence-electron chi connectivity index (χ0n) is 10.9. The quantitative estimate of drug-likeness (QED) is 0.845. The van der Waals surface area contributed by atoms with Crippen LogP contribution < -0.4 is 10.1 Å². The second-order valence-corrected chi connectivity index (χ2v) is 4.81. The number of ether oxygens (including phenoxy) is 2. The molecule has 0 atom stereocenters. The molecule has 1 aliphatic heterocycles. The molecule has 0 radical (unpaired) electrons. The lowest BCUT2D eigenvalue weighted by Gasteiger charge is -2.42. The molecule has 1 aromatic carbocycles. The van der Waals surface area contributed by atoms with Gasteiger partial charge in [-0.2, -0.15) is 0 Å². The van der Waals surface area contributed by atoms with E-state index in [1.807, 2.05) is 7.05 Å². The summed E-state index contributed by atoms with van der Waals surface area (Å²) in [5.41, 5.74) is 2.78. The summed E-state index contributed by atoms with van der Waals surface area (Å²) in [6.45, 7) is 4.78. The molecule has 0 spiro atoms. The average Bonchev–Trinajstić information content (AvgIpc) is 2.28. The maximum Gasteiger partial charge on any atom is 0.121 e. The second kappa shape index (κ2) is 5.07. The third-order valence-electron chi connectivity index (χ3n) is 3.62. The maximum absolute atomic E-state index is 5.43. The highest BCUT2D eigenvalue weighted by molar-refractivity contribution is 5.40. The van der Waals surface area contributed by atoms with Gasteiger partial charge in [-0.3, -0.25) is 0 Å². The van der Waals surface area contributed by atoms with Crippen LogP contribution in [0, 0.1) is 6.92 Å². The van der Waals surface area contributed by atoms with Crippen LogP contribution in [0.25, 0.3) is 0 Å². The molecule has 94 valence electrons. The van der Waals surface area contributed by atoms with Crippen molar-refractivity contribution in [2.45, 2.75) is 18.8 Å². The van der Waals surface area contributed by atoms with Gasteiger partial charge in [-0.1, -0.05) is 12.1 Å². The summed E-state index contributed by atoms with van der Waals surface area (Å²) in [4.78, 5) is 0. The first kappa shape index (κ1) is 12.4. The molecule has 1 saturated heterocycles. The van der Waals surface area contributed by atoms with Crippen LogP contribution in [-0.2, 0) is 10.2 Å². The third-order valence-corrected chi connectivity index (χ3v) is 3.62. The molecule has 1 aromatic rings. The van der Waals surface area contributed by atoms with E-state index in [4.69, 9.17) is 9.47 Å². The normalized spacial score (nSPS) is 17.6. The van der Waals surface area contributed by atoms with Crippen LogP contribution in [0.1, 0.15) is 17.5 Å². The van der Waals surface area contributed by atoms with Crippen LogP contribution in [0.5, 0.6) is 5.75 Å². The van der Waals surface area contributed by atoms with E-state index in [9.17, 15) is 0 Å². The molecular formula is C14H21NO2. The van der Waals surface area contributed by atoms with E-state index >= 15 is 0 Å². The lowest BCUT2D eigenvalue weighted by Crippen LogP contribution is -2.48. The summed E-state index contributed by atoms with van der Waals surface area (Å²) < 4.78 is 10.7. The van der Waals surface area contributed by atoms with Crippen LogP contribution in [0.15, 0.2) is 18.2 Å². The molecule has 0 aliphatic carbocycles. The summed E-state index contributed by atoms with van der Waals surface area (Å²) >= 11 is 0. The van der Waals surface area contributed by atoms with Crippen molar-refractivity contribution < 1.29 is 9.47 Å². The van der Waals surface area contributed by atoms with Crippen molar-refractivity contribution in [1.82, 2.24) is 5.32 Å². The van der Waals surface area contributed by atoms with Crippen molar-refractivity contribution in [2.75, 3.05) is 33.9 Å². The second-order valence-electron chi connectivity index (χ2n) is 4.81. The summed E-state index contributed by atoms with van der Waals surface area (Å²) in [5.74, 6) is 0.956. The third kappa shape index (κ3) is 2.31. The molecule has 0 unspecified atom stereocenters. The summed E-state index contributed by atoms with van der Waals surface area (Å²) in [6.07, 6.45) is 1.12. The van der Waals surface area contributed by atoms with E-state index < -0.39 is 0 Å². The number of rotatable bonds is 5. The molecular weight excluding hydrogens is 214 g/mol. The molecule has 2 rings (SSSR count). The van der Waals surface area contributed by atoms with E-state index in [0.717, 1.165) is 31.9 Å². The van der Waals surface area contributed by atoms with Gasteiger partial charge >= 0.3 is 0 Å². The van der Waals surface area contributed by atoms with Crippen molar-refractivity contribution >= 4 is 0 Å². The van der Waals surface area contributed by atoms with Gasteiger partial charge in [-0.05, 0) is 44.1 Å². The molecule has 0 saturated carbocycles. The zero-order valence-corrected chi connectivity index (χ0v) is 10.9.